The minimum Gasteiger partial charge on any atom is -0.497 e. The highest BCUT2D eigenvalue weighted by Crippen LogP contribution is 2.34. The molecule has 0 atom stereocenters. The number of rotatable bonds is 6. The number of furan rings is 1. The number of aromatic nitrogens is 1. The van der Waals surface area contributed by atoms with Crippen LogP contribution in [0.25, 0.3) is 17.4 Å². The van der Waals surface area contributed by atoms with Crippen LogP contribution in [0.5, 0.6) is 5.75 Å². The van der Waals surface area contributed by atoms with Crippen LogP contribution in [0.15, 0.2) is 51.9 Å². The Hall–Kier alpha value is -3.97. The molecule has 0 saturated heterocycles. The summed E-state index contributed by atoms with van der Waals surface area (Å²) in [5.74, 6) is 0.128. The number of nitriles is 1. The van der Waals surface area contributed by atoms with Crippen LogP contribution < -0.4 is 10.1 Å². The Morgan fingerprint density at radius 1 is 1.43 bits per heavy atom. The first-order valence-corrected chi connectivity index (χ1v) is 8.65. The molecule has 2 aromatic heterocycles. The van der Waals surface area contributed by atoms with Crippen LogP contribution in [0.1, 0.15) is 5.76 Å². The lowest BCUT2D eigenvalue weighted by Gasteiger charge is -2.03. The molecule has 0 saturated carbocycles. The van der Waals surface area contributed by atoms with Gasteiger partial charge >= 0.3 is 0 Å². The molecule has 140 valence electrons. The molecule has 0 aliphatic carbocycles. The maximum Gasteiger partial charge on any atom is 0.284 e. The van der Waals surface area contributed by atoms with Crippen molar-refractivity contribution in [1.82, 2.24) is 4.98 Å². The number of carbonyl (C=O) groups is 1. The number of methoxy groups -OCH3 is 1. The Kier molecular flexibility index (Phi) is 5.48. The fourth-order valence-corrected chi connectivity index (χ4v) is 2.84. The number of benzene rings is 1. The van der Waals surface area contributed by atoms with E-state index in [-0.39, 0.29) is 28.3 Å². The van der Waals surface area contributed by atoms with Gasteiger partial charge in [0, 0.05) is 17.7 Å². The Morgan fingerprint density at radius 2 is 2.25 bits per heavy atom. The maximum atomic E-state index is 12.2. The quantitative estimate of drug-likeness (QED) is 0.289. The average Bonchev–Trinajstić information content (AvgIpc) is 3.37. The van der Waals surface area contributed by atoms with Gasteiger partial charge in [-0.2, -0.15) is 5.26 Å². The van der Waals surface area contributed by atoms with Gasteiger partial charge in [-0.25, -0.2) is 4.98 Å². The zero-order valence-electron chi connectivity index (χ0n) is 14.4. The fraction of sp³-hybridized carbons (Fsp3) is 0.0556. The van der Waals surface area contributed by atoms with E-state index in [1.807, 2.05) is 0 Å². The van der Waals surface area contributed by atoms with E-state index in [1.54, 1.807) is 17.5 Å². The zero-order valence-corrected chi connectivity index (χ0v) is 15.2. The van der Waals surface area contributed by atoms with E-state index in [2.05, 4.69) is 10.3 Å². The molecule has 28 heavy (non-hydrogen) atoms. The number of amides is 1. The highest BCUT2D eigenvalue weighted by atomic mass is 32.1. The van der Waals surface area contributed by atoms with E-state index in [9.17, 15) is 20.2 Å². The molecule has 0 aliphatic heterocycles. The summed E-state index contributed by atoms with van der Waals surface area (Å²) < 4.78 is 10.6. The Morgan fingerprint density at radius 3 is 2.89 bits per heavy atom. The third kappa shape index (κ3) is 4.05. The van der Waals surface area contributed by atoms with E-state index in [1.165, 1.54) is 55.0 Å². The number of thiazole rings is 1. The number of nitrogens with zero attached hydrogens (tertiary/aromatic N) is 3. The molecule has 1 N–H and O–H groups in total. The van der Waals surface area contributed by atoms with Gasteiger partial charge in [-0.15, -0.1) is 11.3 Å². The van der Waals surface area contributed by atoms with Gasteiger partial charge in [0.05, 0.1) is 23.7 Å². The van der Waals surface area contributed by atoms with Crippen LogP contribution in [0.4, 0.5) is 10.8 Å². The van der Waals surface area contributed by atoms with Crippen LogP contribution >= 0.6 is 11.3 Å². The van der Waals surface area contributed by atoms with E-state index in [0.29, 0.717) is 10.9 Å². The van der Waals surface area contributed by atoms with Crippen LogP contribution in [-0.4, -0.2) is 22.9 Å². The lowest BCUT2D eigenvalue weighted by Crippen LogP contribution is -2.13. The topological polar surface area (TPSA) is 131 Å². The number of hydrogen-bond acceptors (Lipinski definition) is 8. The molecule has 0 unspecified atom stereocenters. The van der Waals surface area contributed by atoms with Crippen molar-refractivity contribution in [2.45, 2.75) is 0 Å². The van der Waals surface area contributed by atoms with Gasteiger partial charge in [0.1, 0.15) is 28.9 Å². The molecule has 10 heteroatoms. The predicted molar refractivity (Wildman–Crippen MR) is 102 cm³/mol. The van der Waals surface area contributed by atoms with Crippen molar-refractivity contribution >= 4 is 34.1 Å². The fourth-order valence-electron chi connectivity index (χ4n) is 2.31. The monoisotopic (exact) mass is 396 g/mol. The summed E-state index contributed by atoms with van der Waals surface area (Å²) in [6.07, 6.45) is 2.78. The summed E-state index contributed by atoms with van der Waals surface area (Å²) >= 11 is 1.22. The molecule has 1 aromatic carbocycles. The number of ether oxygens (including phenoxy) is 1. The van der Waals surface area contributed by atoms with Crippen LogP contribution in [0.2, 0.25) is 0 Å². The van der Waals surface area contributed by atoms with Crippen molar-refractivity contribution in [2.75, 3.05) is 12.4 Å². The normalized spacial score (nSPS) is 10.9. The standard InChI is InChI=1S/C18H12N4O5S/c1-26-12-2-4-14(15(9-12)22(24)25)16-5-3-13(27-16)8-11(10-19)17(23)21-18-20-6-7-28-18/h2-9H,1H3,(H,20,21,23). The van der Waals surface area contributed by atoms with Crippen LogP contribution in [0.3, 0.4) is 0 Å². The largest absolute Gasteiger partial charge is 0.497 e. The first-order valence-electron chi connectivity index (χ1n) is 7.77. The van der Waals surface area contributed by atoms with Crippen molar-refractivity contribution in [3.8, 4) is 23.1 Å². The minimum absolute atomic E-state index is 0.189. The molecule has 0 fully saturated rings. The Balaban J connectivity index is 1.89. The third-order valence-corrected chi connectivity index (χ3v) is 4.29. The van der Waals surface area contributed by atoms with E-state index < -0.39 is 10.8 Å². The third-order valence-electron chi connectivity index (χ3n) is 3.60. The van der Waals surface area contributed by atoms with E-state index >= 15 is 0 Å². The lowest BCUT2D eigenvalue weighted by atomic mass is 10.1. The number of hydrogen-bond donors (Lipinski definition) is 1. The number of nitro benzene ring substituents is 1. The number of nitrogens with one attached hydrogen (secondary N) is 1. The highest BCUT2D eigenvalue weighted by Gasteiger charge is 2.20. The predicted octanol–water partition coefficient (Wildman–Crippen LogP) is 3.87. The molecule has 0 bridgehead atoms. The first-order chi connectivity index (χ1) is 13.5. The van der Waals surface area contributed by atoms with Gasteiger partial charge < -0.3 is 9.15 Å². The van der Waals surface area contributed by atoms with Crippen LogP contribution in [0, 0.1) is 21.4 Å². The molecule has 1 amide bonds. The zero-order chi connectivity index (χ0) is 20.1. The van der Waals surface area contributed by atoms with E-state index in [0.717, 1.165) is 0 Å². The summed E-state index contributed by atoms with van der Waals surface area (Å²) in [6.45, 7) is 0. The second-order valence-electron chi connectivity index (χ2n) is 5.30. The van der Waals surface area contributed by atoms with Crippen molar-refractivity contribution in [3.05, 3.63) is 63.4 Å². The van der Waals surface area contributed by atoms with E-state index in [4.69, 9.17) is 9.15 Å². The van der Waals surface area contributed by atoms with Gasteiger partial charge in [0.25, 0.3) is 11.6 Å². The SMILES string of the molecule is COc1ccc(-c2ccc(C=C(C#N)C(=O)Nc3nccs3)o2)c([N+](=O)[O-])c1. The number of nitro groups is 1. The second kappa shape index (κ2) is 8.15. The molecule has 9 nitrogen and oxygen atoms in total. The number of carbonyl (C=O) groups excluding carboxylic acids is 1. The molecular formula is C18H12N4O5S. The van der Waals surface area contributed by atoms with Crippen molar-refractivity contribution in [1.29, 1.82) is 5.26 Å². The summed E-state index contributed by atoms with van der Waals surface area (Å²) in [6, 6.07) is 9.19. The smallest absolute Gasteiger partial charge is 0.284 e. The molecule has 0 radical (unpaired) electrons. The lowest BCUT2D eigenvalue weighted by molar-refractivity contribution is -0.384. The number of anilines is 1. The Bertz CT molecular complexity index is 1100. The molecule has 0 aliphatic rings. The molecule has 3 rings (SSSR count). The van der Waals surface area contributed by atoms with Crippen molar-refractivity contribution in [3.63, 3.8) is 0 Å². The summed E-state index contributed by atoms with van der Waals surface area (Å²) in [5, 5.41) is 25.1. The van der Waals surface area contributed by atoms with Gasteiger partial charge in [-0.05, 0) is 24.3 Å². The van der Waals surface area contributed by atoms with Crippen molar-refractivity contribution < 1.29 is 18.9 Å². The molecular weight excluding hydrogens is 384 g/mol. The molecule has 3 aromatic rings. The minimum atomic E-state index is -0.633. The van der Waals surface area contributed by atoms with Gasteiger partial charge in [-0.3, -0.25) is 20.2 Å². The van der Waals surface area contributed by atoms with Crippen LogP contribution in [-0.2, 0) is 4.79 Å². The Labute approximate surface area is 162 Å². The summed E-state index contributed by atoms with van der Waals surface area (Å²) in [4.78, 5) is 26.9. The van der Waals surface area contributed by atoms with Crippen molar-refractivity contribution in [2.24, 2.45) is 0 Å². The maximum absolute atomic E-state index is 12.2. The average molecular weight is 396 g/mol. The van der Waals surface area contributed by atoms with Gasteiger partial charge in [0.15, 0.2) is 5.13 Å². The van der Waals surface area contributed by atoms with Gasteiger partial charge in [0.2, 0.25) is 0 Å². The summed E-state index contributed by atoms with van der Waals surface area (Å²) in [7, 11) is 1.41. The first kappa shape index (κ1) is 18.8. The molecule has 0 spiro atoms. The highest BCUT2D eigenvalue weighted by molar-refractivity contribution is 7.13. The van der Waals surface area contributed by atoms with Gasteiger partial charge in [-0.1, -0.05) is 0 Å². The second-order valence-corrected chi connectivity index (χ2v) is 6.20. The summed E-state index contributed by atoms with van der Waals surface area (Å²) in [5.41, 5.74) is -0.136. The molecule has 2 heterocycles.